The second-order valence-corrected chi connectivity index (χ2v) is 5.14. The van der Waals surface area contributed by atoms with Crippen LogP contribution in [0.5, 0.6) is 0 Å². The minimum absolute atomic E-state index is 0.176. The van der Waals surface area contributed by atoms with Crippen LogP contribution < -0.4 is 10.6 Å². The molecule has 0 saturated heterocycles. The molecule has 102 valence electrons. The number of rotatable bonds is 5. The van der Waals surface area contributed by atoms with Gasteiger partial charge in [-0.15, -0.1) is 0 Å². The zero-order chi connectivity index (χ0) is 12.9. The Morgan fingerprint density at radius 1 is 1.29 bits per heavy atom. The first-order chi connectivity index (χ1) is 7.93. The summed E-state index contributed by atoms with van der Waals surface area (Å²) < 4.78 is 37.8. The van der Waals surface area contributed by atoms with E-state index in [1.165, 1.54) is 0 Å². The summed E-state index contributed by atoms with van der Waals surface area (Å²) in [7, 11) is 1.87. The molecule has 0 aromatic carbocycles. The smallest absolute Gasteiger partial charge is 0.318 e. The Kier molecular flexibility index (Phi) is 5.73. The average molecular weight is 252 g/mol. The van der Waals surface area contributed by atoms with Gasteiger partial charge in [0.15, 0.2) is 0 Å². The number of likely N-dealkylation sites (N-methyl/N-ethyl adjacent to an activating group) is 1. The molecule has 1 saturated carbocycles. The predicted octanol–water partition coefficient (Wildman–Crippen LogP) is 2.55. The lowest BCUT2D eigenvalue weighted by atomic mass is 9.81. The van der Waals surface area contributed by atoms with E-state index in [0.29, 0.717) is 31.8 Å². The molecule has 0 bridgehead atoms. The second-order valence-electron chi connectivity index (χ2n) is 5.14. The van der Waals surface area contributed by atoms with E-state index in [4.69, 9.17) is 0 Å². The summed E-state index contributed by atoms with van der Waals surface area (Å²) in [4.78, 5) is 0. The van der Waals surface area contributed by atoms with Gasteiger partial charge in [0.2, 0.25) is 0 Å². The van der Waals surface area contributed by atoms with Crippen LogP contribution in [0.15, 0.2) is 0 Å². The molecule has 0 aliphatic heterocycles. The van der Waals surface area contributed by atoms with Gasteiger partial charge in [0.05, 0.1) is 5.92 Å². The molecule has 5 heteroatoms. The summed E-state index contributed by atoms with van der Waals surface area (Å²) >= 11 is 0. The Balaban J connectivity index is 2.30. The van der Waals surface area contributed by atoms with E-state index < -0.39 is 12.1 Å². The van der Waals surface area contributed by atoms with Crippen molar-refractivity contribution < 1.29 is 13.2 Å². The van der Waals surface area contributed by atoms with Gasteiger partial charge in [0.1, 0.15) is 0 Å². The van der Waals surface area contributed by atoms with E-state index in [1.54, 1.807) is 0 Å². The first-order valence-corrected chi connectivity index (χ1v) is 6.38. The van der Waals surface area contributed by atoms with Gasteiger partial charge in [-0.3, -0.25) is 0 Å². The van der Waals surface area contributed by atoms with Gasteiger partial charge in [-0.1, -0.05) is 6.42 Å². The van der Waals surface area contributed by atoms with E-state index in [2.05, 4.69) is 10.6 Å². The van der Waals surface area contributed by atoms with Crippen molar-refractivity contribution >= 4 is 0 Å². The maximum Gasteiger partial charge on any atom is 0.391 e. The molecule has 0 radical (unpaired) electrons. The summed E-state index contributed by atoms with van der Waals surface area (Å²) in [5.74, 6) is -0.905. The maximum atomic E-state index is 12.6. The van der Waals surface area contributed by atoms with Crippen LogP contribution in [0.2, 0.25) is 0 Å². The SMILES string of the molecule is CNCC(C)NCC1CCCC(C(F)(F)F)C1. The van der Waals surface area contributed by atoms with Gasteiger partial charge in [0, 0.05) is 12.6 Å². The molecule has 2 N–H and O–H groups in total. The Morgan fingerprint density at radius 3 is 2.59 bits per heavy atom. The molecule has 17 heavy (non-hydrogen) atoms. The van der Waals surface area contributed by atoms with E-state index >= 15 is 0 Å². The lowest BCUT2D eigenvalue weighted by Crippen LogP contribution is -2.40. The standard InChI is InChI=1S/C12H23F3N2/c1-9(7-16-2)17-8-10-4-3-5-11(6-10)12(13,14)15/h9-11,16-17H,3-8H2,1-2H3. The van der Waals surface area contributed by atoms with Gasteiger partial charge >= 0.3 is 6.18 Å². The third kappa shape index (κ3) is 5.25. The molecule has 2 nitrogen and oxygen atoms in total. The minimum Gasteiger partial charge on any atom is -0.318 e. The number of hydrogen-bond acceptors (Lipinski definition) is 2. The van der Waals surface area contributed by atoms with Crippen molar-refractivity contribution in [1.82, 2.24) is 10.6 Å². The minimum atomic E-state index is -4.00. The molecular formula is C12H23F3N2. The number of halogens is 3. The van der Waals surface area contributed by atoms with E-state index in [0.717, 1.165) is 13.0 Å². The second kappa shape index (κ2) is 6.59. The van der Waals surface area contributed by atoms with E-state index in [9.17, 15) is 13.2 Å². The molecule has 3 unspecified atom stereocenters. The van der Waals surface area contributed by atoms with Crippen molar-refractivity contribution in [2.75, 3.05) is 20.1 Å². The van der Waals surface area contributed by atoms with Gasteiger partial charge < -0.3 is 10.6 Å². The van der Waals surface area contributed by atoms with Gasteiger partial charge in [-0.25, -0.2) is 0 Å². The highest BCUT2D eigenvalue weighted by Crippen LogP contribution is 2.39. The summed E-state index contributed by atoms with van der Waals surface area (Å²) in [5.41, 5.74) is 0. The van der Waals surface area contributed by atoms with Crippen molar-refractivity contribution in [3.05, 3.63) is 0 Å². The van der Waals surface area contributed by atoms with Gasteiger partial charge in [-0.05, 0) is 45.7 Å². The predicted molar refractivity (Wildman–Crippen MR) is 62.9 cm³/mol. The van der Waals surface area contributed by atoms with Crippen LogP contribution in [0.4, 0.5) is 13.2 Å². The van der Waals surface area contributed by atoms with Gasteiger partial charge in [0.25, 0.3) is 0 Å². The number of alkyl halides is 3. The lowest BCUT2D eigenvalue weighted by Gasteiger charge is -2.31. The molecule has 0 spiro atoms. The summed E-state index contributed by atoms with van der Waals surface area (Å²) in [6, 6.07) is 0.311. The van der Waals surface area contributed by atoms with Crippen LogP contribution in [-0.2, 0) is 0 Å². The lowest BCUT2D eigenvalue weighted by molar-refractivity contribution is -0.185. The molecule has 1 aliphatic carbocycles. The highest BCUT2D eigenvalue weighted by molar-refractivity contribution is 4.79. The monoisotopic (exact) mass is 252 g/mol. The zero-order valence-corrected chi connectivity index (χ0v) is 10.6. The molecule has 3 atom stereocenters. The van der Waals surface area contributed by atoms with Crippen LogP contribution in [0.25, 0.3) is 0 Å². The molecule has 0 amide bonds. The Labute approximate surface area is 101 Å². The number of nitrogens with one attached hydrogen (secondary N) is 2. The first kappa shape index (κ1) is 14.8. The fourth-order valence-corrected chi connectivity index (χ4v) is 2.52. The summed E-state index contributed by atoms with van der Waals surface area (Å²) in [6.45, 7) is 3.59. The van der Waals surface area contributed by atoms with Crippen LogP contribution in [0.1, 0.15) is 32.6 Å². The third-order valence-electron chi connectivity index (χ3n) is 3.51. The highest BCUT2D eigenvalue weighted by Gasteiger charge is 2.41. The van der Waals surface area contributed by atoms with E-state index in [1.807, 2.05) is 14.0 Å². The molecule has 1 aliphatic rings. The maximum absolute atomic E-state index is 12.6. The normalized spacial score (nSPS) is 28.1. The zero-order valence-electron chi connectivity index (χ0n) is 10.6. The Bertz CT molecular complexity index is 218. The van der Waals surface area contributed by atoms with Crippen LogP contribution >= 0.6 is 0 Å². The molecule has 1 rings (SSSR count). The Morgan fingerprint density at radius 2 is 2.00 bits per heavy atom. The largest absolute Gasteiger partial charge is 0.391 e. The summed E-state index contributed by atoms with van der Waals surface area (Å²) in [5, 5.41) is 6.34. The van der Waals surface area contributed by atoms with Crippen LogP contribution in [0, 0.1) is 11.8 Å². The van der Waals surface area contributed by atoms with Crippen molar-refractivity contribution in [1.29, 1.82) is 0 Å². The molecular weight excluding hydrogens is 229 g/mol. The fourth-order valence-electron chi connectivity index (χ4n) is 2.52. The van der Waals surface area contributed by atoms with E-state index in [-0.39, 0.29) is 5.92 Å². The van der Waals surface area contributed by atoms with Crippen LogP contribution in [0.3, 0.4) is 0 Å². The summed E-state index contributed by atoms with van der Waals surface area (Å²) in [6.07, 6.45) is -1.77. The molecule has 0 heterocycles. The third-order valence-corrected chi connectivity index (χ3v) is 3.51. The van der Waals surface area contributed by atoms with Crippen molar-refractivity contribution in [3.63, 3.8) is 0 Å². The highest BCUT2D eigenvalue weighted by atomic mass is 19.4. The molecule has 0 aromatic rings. The van der Waals surface area contributed by atoms with Crippen molar-refractivity contribution in [2.45, 2.75) is 44.8 Å². The first-order valence-electron chi connectivity index (χ1n) is 6.38. The fraction of sp³-hybridized carbons (Fsp3) is 1.00. The topological polar surface area (TPSA) is 24.1 Å². The van der Waals surface area contributed by atoms with Crippen LogP contribution in [-0.4, -0.2) is 32.4 Å². The average Bonchev–Trinajstić information content (AvgIpc) is 2.26. The van der Waals surface area contributed by atoms with Gasteiger partial charge in [-0.2, -0.15) is 13.2 Å². The number of hydrogen-bond donors (Lipinski definition) is 2. The van der Waals surface area contributed by atoms with Crippen molar-refractivity contribution in [2.24, 2.45) is 11.8 Å². The quantitative estimate of drug-likeness (QED) is 0.785. The molecule has 1 fully saturated rings. The Hall–Kier alpha value is -0.290. The molecule has 0 aromatic heterocycles. The van der Waals surface area contributed by atoms with Crippen molar-refractivity contribution in [3.8, 4) is 0 Å².